The Morgan fingerprint density at radius 3 is 2.58 bits per heavy atom. The number of rotatable bonds is 7. The molecule has 2 aromatic carbocycles. The van der Waals surface area contributed by atoms with E-state index in [1.807, 2.05) is 0 Å². The Labute approximate surface area is 260 Å². The number of aromatic hydroxyl groups is 1. The molecule has 8 nitrogen and oxygen atoms in total. The maximum atomic E-state index is 16.8. The van der Waals surface area contributed by atoms with Crippen LogP contribution in [-0.2, 0) is 0 Å². The van der Waals surface area contributed by atoms with Crippen LogP contribution in [0.15, 0.2) is 30.5 Å². The Hall–Kier alpha value is -4.07. The van der Waals surface area contributed by atoms with E-state index in [4.69, 9.17) is 16.1 Å². The SMILES string of the molecule is C#Cc1c(F)ccc2cc(O)cc(-c3ncc4c(N5C[C@H]6CC[C@@H](C5)N6)nc(OCC5(CN6CCCCC6)CC5)nc4c3F)c12. The van der Waals surface area contributed by atoms with Crippen molar-refractivity contribution in [1.82, 2.24) is 25.2 Å². The zero-order valence-corrected chi connectivity index (χ0v) is 25.2. The average Bonchev–Trinajstić information content (AvgIpc) is 3.73. The van der Waals surface area contributed by atoms with Crippen LogP contribution >= 0.6 is 0 Å². The highest BCUT2D eigenvalue weighted by Gasteiger charge is 2.45. The predicted molar refractivity (Wildman–Crippen MR) is 169 cm³/mol. The predicted octanol–water partition coefficient (Wildman–Crippen LogP) is 5.40. The van der Waals surface area contributed by atoms with E-state index in [2.05, 4.69) is 31.0 Å². The second-order valence-electron chi connectivity index (χ2n) is 13.3. The molecular weight excluding hydrogens is 574 g/mol. The van der Waals surface area contributed by atoms with E-state index in [1.54, 1.807) is 6.20 Å². The molecule has 1 saturated carbocycles. The number of anilines is 1. The zero-order valence-electron chi connectivity index (χ0n) is 25.2. The molecule has 1 aliphatic carbocycles. The summed E-state index contributed by atoms with van der Waals surface area (Å²) in [6, 6.07) is 6.41. The van der Waals surface area contributed by atoms with Crippen molar-refractivity contribution in [3.63, 3.8) is 0 Å². The van der Waals surface area contributed by atoms with Gasteiger partial charge in [-0.3, -0.25) is 4.98 Å². The smallest absolute Gasteiger partial charge is 0.319 e. The second-order valence-corrected chi connectivity index (χ2v) is 13.3. The van der Waals surface area contributed by atoms with Gasteiger partial charge >= 0.3 is 6.01 Å². The third-order valence-electron chi connectivity index (χ3n) is 10.1. The molecule has 2 N–H and O–H groups in total. The van der Waals surface area contributed by atoms with E-state index in [-0.39, 0.29) is 39.5 Å². The van der Waals surface area contributed by atoms with Gasteiger partial charge in [0.25, 0.3) is 0 Å². The van der Waals surface area contributed by atoms with Gasteiger partial charge < -0.3 is 25.0 Å². The molecule has 0 spiro atoms. The lowest BCUT2D eigenvalue weighted by atomic mass is 9.96. The number of fused-ring (bicyclic) bond motifs is 4. The van der Waals surface area contributed by atoms with Crippen molar-refractivity contribution in [2.75, 3.05) is 44.2 Å². The van der Waals surface area contributed by atoms with E-state index in [1.165, 1.54) is 43.5 Å². The summed E-state index contributed by atoms with van der Waals surface area (Å²) in [6.07, 6.45) is 15.4. The summed E-state index contributed by atoms with van der Waals surface area (Å²) in [6.45, 7) is 5.20. The van der Waals surface area contributed by atoms with Crippen LogP contribution in [-0.4, -0.2) is 76.4 Å². The van der Waals surface area contributed by atoms with Gasteiger partial charge in [-0.2, -0.15) is 9.97 Å². The van der Waals surface area contributed by atoms with E-state index in [0.29, 0.717) is 40.7 Å². The summed E-state index contributed by atoms with van der Waals surface area (Å²) in [7, 11) is 0. The number of likely N-dealkylation sites (tertiary alicyclic amines) is 1. The number of benzene rings is 2. The highest BCUT2D eigenvalue weighted by atomic mass is 19.1. The number of piperidine rings is 1. The molecule has 2 aromatic heterocycles. The molecule has 0 radical (unpaired) electrons. The van der Waals surface area contributed by atoms with Crippen molar-refractivity contribution in [3.05, 3.63) is 47.7 Å². The number of phenols is 1. The first-order valence-electron chi connectivity index (χ1n) is 16.0. The molecule has 8 rings (SSSR count). The number of nitrogens with one attached hydrogen (secondary N) is 1. The van der Waals surface area contributed by atoms with Crippen molar-refractivity contribution in [3.8, 4) is 35.4 Å². The van der Waals surface area contributed by atoms with Gasteiger partial charge in [-0.05, 0) is 75.2 Å². The summed E-state index contributed by atoms with van der Waals surface area (Å²) in [5.74, 6) is 1.58. The number of piperazine rings is 1. The van der Waals surface area contributed by atoms with Crippen LogP contribution in [0.4, 0.5) is 14.6 Å². The number of halogens is 2. The number of phenolic OH excluding ortho intramolecular Hbond substituents is 1. The first-order chi connectivity index (χ1) is 21.9. The number of terminal acetylenes is 1. The molecule has 0 amide bonds. The van der Waals surface area contributed by atoms with Gasteiger partial charge in [0.1, 0.15) is 28.6 Å². The summed E-state index contributed by atoms with van der Waals surface area (Å²) < 4.78 is 37.9. The number of pyridine rings is 1. The second kappa shape index (κ2) is 11.1. The molecule has 2 atom stereocenters. The number of hydrogen-bond donors (Lipinski definition) is 2. The molecule has 4 fully saturated rings. The van der Waals surface area contributed by atoms with E-state index in [0.717, 1.165) is 58.4 Å². The molecule has 4 aliphatic rings. The largest absolute Gasteiger partial charge is 0.508 e. The summed E-state index contributed by atoms with van der Waals surface area (Å²) >= 11 is 0. The van der Waals surface area contributed by atoms with Gasteiger partial charge in [0.05, 0.1) is 17.6 Å². The summed E-state index contributed by atoms with van der Waals surface area (Å²) in [4.78, 5) is 18.8. The standard InChI is InChI=1S/C35H36F2N6O2/c1-2-25-28(36)9-6-21-14-24(44)15-26(29(21)25)31-30(37)32-27(16-38-31)33(43-17-22-7-8-23(18-43)39-22)41-34(40-32)45-20-35(10-11-35)19-42-12-4-3-5-13-42/h1,6,9,14-16,22-23,39,44H,3-5,7-8,10-13,17-20H2/t22-,23+. The van der Waals surface area contributed by atoms with Crippen LogP contribution in [0, 0.1) is 29.4 Å². The number of ether oxygens (including phenoxy) is 1. The normalized spacial score (nSPS) is 22.6. The number of aromatic nitrogens is 3. The molecular formula is C35H36F2N6O2. The lowest BCUT2D eigenvalue weighted by Gasteiger charge is -2.34. The van der Waals surface area contributed by atoms with Gasteiger partial charge in [0.15, 0.2) is 5.82 Å². The fourth-order valence-electron chi connectivity index (χ4n) is 7.57. The van der Waals surface area contributed by atoms with Crippen molar-refractivity contribution in [1.29, 1.82) is 0 Å². The molecule has 10 heteroatoms. The quantitative estimate of drug-likeness (QED) is 0.269. The van der Waals surface area contributed by atoms with Crippen molar-refractivity contribution in [2.24, 2.45) is 5.41 Å². The first kappa shape index (κ1) is 28.4. The minimum absolute atomic E-state index is 0.0177. The Morgan fingerprint density at radius 2 is 1.84 bits per heavy atom. The van der Waals surface area contributed by atoms with Crippen molar-refractivity contribution in [2.45, 2.75) is 57.0 Å². The van der Waals surface area contributed by atoms with Gasteiger partial charge in [-0.15, -0.1) is 6.42 Å². The fraction of sp³-hybridized carbons (Fsp3) is 0.457. The number of hydrogen-bond acceptors (Lipinski definition) is 8. The summed E-state index contributed by atoms with van der Waals surface area (Å²) in [5.41, 5.74) is 0.239. The van der Waals surface area contributed by atoms with Crippen LogP contribution in [0.2, 0.25) is 0 Å². The van der Waals surface area contributed by atoms with Crippen LogP contribution < -0.4 is 15.0 Å². The van der Waals surface area contributed by atoms with E-state index < -0.39 is 11.6 Å². The molecule has 232 valence electrons. The molecule has 3 aliphatic heterocycles. The van der Waals surface area contributed by atoms with Crippen LogP contribution in [0.3, 0.4) is 0 Å². The van der Waals surface area contributed by atoms with Crippen LogP contribution in [0.25, 0.3) is 32.9 Å². The topological polar surface area (TPSA) is 86.6 Å². The zero-order chi connectivity index (χ0) is 30.7. The van der Waals surface area contributed by atoms with Crippen LogP contribution in [0.5, 0.6) is 11.8 Å². The highest BCUT2D eigenvalue weighted by molar-refractivity contribution is 6.03. The lowest BCUT2D eigenvalue weighted by molar-refractivity contribution is 0.139. The fourth-order valence-corrected chi connectivity index (χ4v) is 7.57. The van der Waals surface area contributed by atoms with Gasteiger partial charge in [-0.1, -0.05) is 18.4 Å². The minimum atomic E-state index is -0.701. The maximum Gasteiger partial charge on any atom is 0.319 e. The highest BCUT2D eigenvalue weighted by Crippen LogP contribution is 2.47. The molecule has 5 heterocycles. The van der Waals surface area contributed by atoms with Crippen LogP contribution in [0.1, 0.15) is 50.5 Å². The van der Waals surface area contributed by atoms with Gasteiger partial charge in [-0.25, -0.2) is 8.78 Å². The third-order valence-corrected chi connectivity index (χ3v) is 10.1. The Bertz CT molecular complexity index is 1840. The molecule has 4 aromatic rings. The maximum absolute atomic E-state index is 16.8. The minimum Gasteiger partial charge on any atom is -0.508 e. The molecule has 3 saturated heterocycles. The first-order valence-corrected chi connectivity index (χ1v) is 16.0. The van der Waals surface area contributed by atoms with E-state index in [9.17, 15) is 9.50 Å². The Kier molecular flexibility index (Phi) is 6.99. The van der Waals surface area contributed by atoms with Crippen molar-refractivity contribution >= 4 is 27.5 Å². The average molecular weight is 611 g/mol. The van der Waals surface area contributed by atoms with Crippen molar-refractivity contribution < 1.29 is 18.6 Å². The monoisotopic (exact) mass is 610 g/mol. The molecule has 2 bridgehead atoms. The van der Waals surface area contributed by atoms with Gasteiger partial charge in [0, 0.05) is 54.3 Å². The third kappa shape index (κ3) is 5.22. The molecule has 0 unspecified atom stereocenters. The lowest BCUT2D eigenvalue weighted by Crippen LogP contribution is -2.51. The Morgan fingerprint density at radius 1 is 1.07 bits per heavy atom. The molecule has 45 heavy (non-hydrogen) atoms. The number of nitrogens with zero attached hydrogens (tertiary/aromatic N) is 5. The van der Waals surface area contributed by atoms with E-state index >= 15 is 4.39 Å². The Balaban J connectivity index is 1.22. The van der Waals surface area contributed by atoms with Gasteiger partial charge in [0.2, 0.25) is 0 Å². The summed E-state index contributed by atoms with van der Waals surface area (Å²) in [5, 5.41) is 15.4.